The lowest BCUT2D eigenvalue weighted by atomic mass is 10.0. The minimum Gasteiger partial charge on any atom is -0.468 e. The summed E-state index contributed by atoms with van der Waals surface area (Å²) in [6.45, 7) is 0. The highest BCUT2D eigenvalue weighted by molar-refractivity contribution is 5.77. The smallest absolute Gasteiger partial charge is 0.323 e. The highest BCUT2D eigenvalue weighted by atomic mass is 16.6. The van der Waals surface area contributed by atoms with Crippen molar-refractivity contribution in [3.05, 3.63) is 64.5 Å². The second-order valence-corrected chi connectivity index (χ2v) is 5.48. The summed E-state index contributed by atoms with van der Waals surface area (Å²) in [6.07, 6.45) is 2.00. The number of methoxy groups -OCH3 is 1. The van der Waals surface area contributed by atoms with Crippen molar-refractivity contribution in [2.24, 2.45) is 5.73 Å². The van der Waals surface area contributed by atoms with Gasteiger partial charge in [-0.25, -0.2) is 4.98 Å². The number of imidazole rings is 1. The quantitative estimate of drug-likeness (QED) is 0.431. The molecule has 0 saturated carbocycles. The summed E-state index contributed by atoms with van der Waals surface area (Å²) in [5.41, 5.74) is 8.37. The van der Waals surface area contributed by atoms with E-state index in [-0.39, 0.29) is 12.1 Å². The maximum Gasteiger partial charge on any atom is 0.323 e. The molecule has 0 fully saturated rings. The van der Waals surface area contributed by atoms with Crippen LogP contribution in [-0.4, -0.2) is 33.4 Å². The number of pyridine rings is 1. The number of hydrogen-bond acceptors (Lipinski definition) is 6. The van der Waals surface area contributed by atoms with E-state index in [4.69, 9.17) is 5.73 Å². The van der Waals surface area contributed by atoms with E-state index in [1.807, 2.05) is 28.8 Å². The van der Waals surface area contributed by atoms with Crippen molar-refractivity contribution < 1.29 is 14.5 Å². The van der Waals surface area contributed by atoms with Crippen LogP contribution in [0.25, 0.3) is 16.9 Å². The van der Waals surface area contributed by atoms with Gasteiger partial charge in [-0.15, -0.1) is 0 Å². The monoisotopic (exact) mass is 340 g/mol. The summed E-state index contributed by atoms with van der Waals surface area (Å²) in [7, 11) is 1.28. The Morgan fingerprint density at radius 1 is 1.36 bits per heavy atom. The molecule has 1 aromatic carbocycles. The van der Waals surface area contributed by atoms with Gasteiger partial charge in [0, 0.05) is 30.3 Å². The number of benzene rings is 1. The number of ether oxygens (including phenoxy) is 1. The number of esters is 1. The molecule has 0 saturated heterocycles. The Morgan fingerprint density at radius 2 is 2.16 bits per heavy atom. The van der Waals surface area contributed by atoms with Crippen LogP contribution < -0.4 is 5.73 Å². The lowest BCUT2D eigenvalue weighted by molar-refractivity contribution is -0.384. The van der Waals surface area contributed by atoms with Crippen LogP contribution in [0.15, 0.2) is 48.7 Å². The summed E-state index contributed by atoms with van der Waals surface area (Å²) in [5, 5.41) is 11.0. The number of nitro groups is 1. The molecule has 0 amide bonds. The number of carbonyl (C=O) groups excluding carboxylic acids is 1. The summed E-state index contributed by atoms with van der Waals surface area (Å²) < 4.78 is 6.50. The van der Waals surface area contributed by atoms with E-state index in [1.54, 1.807) is 12.1 Å². The minimum atomic E-state index is -0.859. The van der Waals surface area contributed by atoms with E-state index in [0.29, 0.717) is 22.6 Å². The van der Waals surface area contributed by atoms with Gasteiger partial charge < -0.3 is 14.9 Å². The van der Waals surface area contributed by atoms with Crippen LogP contribution in [0.2, 0.25) is 0 Å². The number of aromatic nitrogens is 2. The van der Waals surface area contributed by atoms with E-state index >= 15 is 0 Å². The molecule has 2 heterocycles. The average molecular weight is 340 g/mol. The number of non-ortho nitro benzene ring substituents is 1. The Bertz CT molecular complexity index is 951. The first-order valence-corrected chi connectivity index (χ1v) is 7.55. The Kier molecular flexibility index (Phi) is 4.44. The summed E-state index contributed by atoms with van der Waals surface area (Å²) >= 11 is 0. The third kappa shape index (κ3) is 3.20. The topological polar surface area (TPSA) is 113 Å². The molecule has 128 valence electrons. The summed E-state index contributed by atoms with van der Waals surface area (Å²) in [6, 6.07) is 10.8. The molecule has 3 rings (SSSR count). The van der Waals surface area contributed by atoms with Gasteiger partial charge in [-0.1, -0.05) is 18.2 Å². The largest absolute Gasteiger partial charge is 0.468 e. The van der Waals surface area contributed by atoms with Crippen molar-refractivity contribution in [2.45, 2.75) is 12.5 Å². The Morgan fingerprint density at radius 3 is 2.88 bits per heavy atom. The molecule has 0 spiro atoms. The number of nitro benzene ring substituents is 1. The van der Waals surface area contributed by atoms with E-state index in [2.05, 4.69) is 9.72 Å². The van der Waals surface area contributed by atoms with Crippen LogP contribution in [0.5, 0.6) is 0 Å². The number of nitrogens with zero attached hydrogens (tertiary/aromatic N) is 3. The molecule has 0 aliphatic rings. The molecule has 25 heavy (non-hydrogen) atoms. The number of nitrogens with two attached hydrogens (primary N) is 1. The third-order valence-corrected chi connectivity index (χ3v) is 3.88. The Hall–Kier alpha value is -3.26. The fourth-order valence-corrected chi connectivity index (χ4v) is 2.68. The van der Waals surface area contributed by atoms with E-state index in [9.17, 15) is 14.9 Å². The number of fused-ring (bicyclic) bond motifs is 1. The van der Waals surface area contributed by atoms with E-state index in [1.165, 1.54) is 19.2 Å². The van der Waals surface area contributed by atoms with E-state index < -0.39 is 16.9 Å². The molecule has 8 nitrogen and oxygen atoms in total. The fourth-order valence-electron chi connectivity index (χ4n) is 2.68. The Labute approximate surface area is 143 Å². The molecular formula is C17H16N4O4. The van der Waals surface area contributed by atoms with Gasteiger partial charge >= 0.3 is 5.97 Å². The lowest BCUT2D eigenvalue weighted by Gasteiger charge is -2.11. The van der Waals surface area contributed by atoms with Gasteiger partial charge in [0.05, 0.1) is 23.4 Å². The molecule has 1 unspecified atom stereocenters. The van der Waals surface area contributed by atoms with Crippen LogP contribution >= 0.6 is 0 Å². The lowest BCUT2D eigenvalue weighted by Crippen LogP contribution is -2.34. The molecule has 2 N–H and O–H groups in total. The minimum absolute atomic E-state index is 0.0298. The molecule has 3 aromatic rings. The second kappa shape index (κ2) is 6.70. The number of rotatable bonds is 5. The normalized spacial score (nSPS) is 12.1. The van der Waals surface area contributed by atoms with Crippen molar-refractivity contribution in [1.82, 2.24) is 9.38 Å². The highest BCUT2D eigenvalue weighted by Gasteiger charge is 2.22. The predicted molar refractivity (Wildman–Crippen MR) is 91.0 cm³/mol. The second-order valence-electron chi connectivity index (χ2n) is 5.48. The summed E-state index contributed by atoms with van der Waals surface area (Å²) in [4.78, 5) is 26.8. The van der Waals surface area contributed by atoms with Gasteiger partial charge in [-0.05, 0) is 12.1 Å². The van der Waals surface area contributed by atoms with Gasteiger partial charge in [0.25, 0.3) is 5.69 Å². The van der Waals surface area contributed by atoms with Crippen LogP contribution in [0.1, 0.15) is 5.69 Å². The number of carbonyl (C=O) groups is 1. The van der Waals surface area contributed by atoms with Crippen LogP contribution in [0, 0.1) is 10.1 Å². The average Bonchev–Trinajstić information content (AvgIpc) is 2.99. The van der Waals surface area contributed by atoms with Crippen LogP contribution in [0.4, 0.5) is 5.69 Å². The molecule has 0 radical (unpaired) electrons. The third-order valence-electron chi connectivity index (χ3n) is 3.88. The molecule has 2 aromatic heterocycles. The molecular weight excluding hydrogens is 324 g/mol. The maximum atomic E-state index is 11.7. The first kappa shape index (κ1) is 16.6. The van der Waals surface area contributed by atoms with E-state index in [0.717, 1.165) is 0 Å². The van der Waals surface area contributed by atoms with Crippen molar-refractivity contribution in [3.8, 4) is 11.3 Å². The fraction of sp³-hybridized carbons (Fsp3) is 0.176. The molecule has 1 atom stereocenters. The molecule has 0 aliphatic heterocycles. The maximum absolute atomic E-state index is 11.7. The van der Waals surface area contributed by atoms with Gasteiger partial charge in [0.2, 0.25) is 0 Å². The van der Waals surface area contributed by atoms with Gasteiger partial charge in [0.15, 0.2) is 0 Å². The SMILES string of the molecule is COC(=O)C(N)Cc1c(-c2cccc([N+](=O)[O-])c2)nc2ccccn12. The van der Waals surface area contributed by atoms with Crippen LogP contribution in [-0.2, 0) is 16.0 Å². The van der Waals surface area contributed by atoms with Gasteiger partial charge in [0.1, 0.15) is 11.7 Å². The molecule has 0 bridgehead atoms. The standard InChI is InChI=1S/C17H16N4O4/c1-25-17(22)13(18)10-14-16(19-15-7-2-3-8-20(14)15)11-5-4-6-12(9-11)21(23)24/h2-9,13H,10,18H2,1H3. The van der Waals surface area contributed by atoms with Crippen molar-refractivity contribution in [2.75, 3.05) is 7.11 Å². The zero-order valence-corrected chi connectivity index (χ0v) is 13.5. The first-order valence-electron chi connectivity index (χ1n) is 7.55. The van der Waals surface area contributed by atoms with Crippen molar-refractivity contribution >= 4 is 17.3 Å². The zero-order valence-electron chi connectivity index (χ0n) is 13.5. The highest BCUT2D eigenvalue weighted by Crippen LogP contribution is 2.28. The van der Waals surface area contributed by atoms with Crippen molar-refractivity contribution in [3.63, 3.8) is 0 Å². The summed E-state index contributed by atoms with van der Waals surface area (Å²) in [5.74, 6) is -0.532. The van der Waals surface area contributed by atoms with Crippen molar-refractivity contribution in [1.29, 1.82) is 0 Å². The molecule has 8 heteroatoms. The van der Waals surface area contributed by atoms with Crippen LogP contribution in [0.3, 0.4) is 0 Å². The number of hydrogen-bond donors (Lipinski definition) is 1. The predicted octanol–water partition coefficient (Wildman–Crippen LogP) is 1.95. The first-order chi connectivity index (χ1) is 12.0. The van der Waals surface area contributed by atoms with Gasteiger partial charge in [-0.2, -0.15) is 0 Å². The molecule has 0 aliphatic carbocycles. The zero-order chi connectivity index (χ0) is 18.0. The Balaban J connectivity index is 2.14. The van der Waals surface area contributed by atoms with Gasteiger partial charge in [-0.3, -0.25) is 14.9 Å².